The SMILES string of the molecule is CCOC(=O)c1cnc(CSC(C)CC)[nH]c1=O. The molecule has 6 heteroatoms. The summed E-state index contributed by atoms with van der Waals surface area (Å²) in [7, 11) is 0. The third-order valence-electron chi connectivity index (χ3n) is 2.43. The van der Waals surface area contributed by atoms with Crippen molar-refractivity contribution in [2.24, 2.45) is 0 Å². The Bertz CT molecular complexity index is 459. The van der Waals surface area contributed by atoms with Crippen LogP contribution in [0.15, 0.2) is 11.0 Å². The number of H-pyrrole nitrogens is 1. The first-order valence-electron chi connectivity index (χ1n) is 5.95. The smallest absolute Gasteiger partial charge is 0.345 e. The lowest BCUT2D eigenvalue weighted by Crippen LogP contribution is -2.21. The van der Waals surface area contributed by atoms with Gasteiger partial charge in [0.25, 0.3) is 5.56 Å². The van der Waals surface area contributed by atoms with E-state index < -0.39 is 11.5 Å². The summed E-state index contributed by atoms with van der Waals surface area (Å²) in [5, 5.41) is 0.514. The van der Waals surface area contributed by atoms with E-state index in [9.17, 15) is 9.59 Å². The summed E-state index contributed by atoms with van der Waals surface area (Å²) in [5.74, 6) is 0.582. The Balaban J connectivity index is 2.73. The highest BCUT2D eigenvalue weighted by Gasteiger charge is 2.12. The fraction of sp³-hybridized carbons (Fsp3) is 0.583. The molecule has 0 radical (unpaired) electrons. The van der Waals surface area contributed by atoms with Crippen LogP contribution in [0.4, 0.5) is 0 Å². The number of nitrogens with one attached hydrogen (secondary N) is 1. The second-order valence-corrected chi connectivity index (χ2v) is 5.25. The maximum Gasteiger partial charge on any atom is 0.345 e. The number of nitrogens with zero attached hydrogens (tertiary/aromatic N) is 1. The molecule has 1 unspecified atom stereocenters. The third kappa shape index (κ3) is 4.18. The number of thioether (sulfide) groups is 1. The molecule has 1 rings (SSSR count). The Hall–Kier alpha value is -1.30. The van der Waals surface area contributed by atoms with Gasteiger partial charge in [-0.3, -0.25) is 4.79 Å². The average Bonchev–Trinajstić information content (AvgIpc) is 2.36. The second-order valence-electron chi connectivity index (χ2n) is 3.82. The van der Waals surface area contributed by atoms with Gasteiger partial charge in [0.2, 0.25) is 0 Å². The highest BCUT2D eigenvalue weighted by Crippen LogP contribution is 2.16. The number of carbonyl (C=O) groups excluding carboxylic acids is 1. The summed E-state index contributed by atoms with van der Waals surface area (Å²) in [6.45, 7) is 6.16. The predicted molar refractivity (Wildman–Crippen MR) is 71.9 cm³/mol. The van der Waals surface area contributed by atoms with Gasteiger partial charge in [-0.15, -0.1) is 0 Å². The van der Waals surface area contributed by atoms with Gasteiger partial charge in [0.15, 0.2) is 0 Å². The number of aromatic amines is 1. The van der Waals surface area contributed by atoms with E-state index in [-0.39, 0.29) is 12.2 Å². The molecule has 0 fully saturated rings. The Kier molecular flexibility index (Phi) is 5.91. The number of carbonyl (C=O) groups is 1. The summed E-state index contributed by atoms with van der Waals surface area (Å²) in [6, 6.07) is 0. The topological polar surface area (TPSA) is 72.0 Å². The van der Waals surface area contributed by atoms with E-state index in [1.54, 1.807) is 18.7 Å². The average molecular weight is 270 g/mol. The van der Waals surface area contributed by atoms with Gasteiger partial charge in [-0.25, -0.2) is 9.78 Å². The van der Waals surface area contributed by atoms with E-state index in [1.165, 1.54) is 6.20 Å². The van der Waals surface area contributed by atoms with E-state index >= 15 is 0 Å². The van der Waals surface area contributed by atoms with Crippen molar-refractivity contribution >= 4 is 17.7 Å². The minimum absolute atomic E-state index is 0.0471. The van der Waals surface area contributed by atoms with Gasteiger partial charge in [0.1, 0.15) is 11.4 Å². The van der Waals surface area contributed by atoms with Crippen LogP contribution >= 0.6 is 11.8 Å². The Morgan fingerprint density at radius 2 is 2.28 bits per heavy atom. The maximum absolute atomic E-state index is 11.7. The molecule has 0 saturated heterocycles. The summed E-state index contributed by atoms with van der Waals surface area (Å²) >= 11 is 1.71. The van der Waals surface area contributed by atoms with Gasteiger partial charge in [0, 0.05) is 11.4 Å². The van der Waals surface area contributed by atoms with Crippen LogP contribution in [0, 0.1) is 0 Å². The van der Waals surface area contributed by atoms with Gasteiger partial charge >= 0.3 is 5.97 Å². The van der Waals surface area contributed by atoms with Crippen LogP contribution in [-0.2, 0) is 10.5 Å². The maximum atomic E-state index is 11.7. The molecule has 0 aromatic carbocycles. The minimum Gasteiger partial charge on any atom is -0.462 e. The predicted octanol–water partition coefficient (Wildman–Crippen LogP) is 1.98. The number of ether oxygens (including phenoxy) is 1. The molecular weight excluding hydrogens is 252 g/mol. The van der Waals surface area contributed by atoms with Crippen LogP contribution in [0.1, 0.15) is 43.4 Å². The lowest BCUT2D eigenvalue weighted by atomic mass is 10.3. The molecule has 5 nitrogen and oxygen atoms in total. The van der Waals surface area contributed by atoms with E-state index in [4.69, 9.17) is 4.74 Å². The third-order valence-corrected chi connectivity index (χ3v) is 3.77. The fourth-order valence-electron chi connectivity index (χ4n) is 1.20. The summed E-state index contributed by atoms with van der Waals surface area (Å²) in [6.07, 6.45) is 2.35. The second kappa shape index (κ2) is 7.20. The van der Waals surface area contributed by atoms with Crippen molar-refractivity contribution in [3.63, 3.8) is 0 Å². The minimum atomic E-state index is -0.632. The normalized spacial score (nSPS) is 12.2. The van der Waals surface area contributed by atoms with Crippen molar-refractivity contribution in [3.8, 4) is 0 Å². The van der Waals surface area contributed by atoms with Crippen LogP contribution in [0.25, 0.3) is 0 Å². The molecule has 0 amide bonds. The largest absolute Gasteiger partial charge is 0.462 e. The van der Waals surface area contributed by atoms with Crippen molar-refractivity contribution in [1.29, 1.82) is 0 Å². The summed E-state index contributed by atoms with van der Waals surface area (Å²) < 4.78 is 4.76. The van der Waals surface area contributed by atoms with Crippen LogP contribution in [-0.4, -0.2) is 27.8 Å². The standard InChI is InChI=1S/C12H18N2O3S/c1-4-8(3)18-7-10-13-6-9(11(15)14-10)12(16)17-5-2/h6,8H,4-5,7H2,1-3H3,(H,13,14,15). The molecule has 0 aliphatic carbocycles. The quantitative estimate of drug-likeness (QED) is 0.800. The van der Waals surface area contributed by atoms with Crippen LogP contribution in [0.2, 0.25) is 0 Å². The lowest BCUT2D eigenvalue weighted by Gasteiger charge is -2.07. The zero-order valence-corrected chi connectivity index (χ0v) is 11.7. The molecule has 0 saturated carbocycles. The number of hydrogen-bond donors (Lipinski definition) is 1. The Morgan fingerprint density at radius 3 is 2.83 bits per heavy atom. The van der Waals surface area contributed by atoms with Gasteiger partial charge in [-0.05, 0) is 13.3 Å². The highest BCUT2D eigenvalue weighted by atomic mass is 32.2. The monoisotopic (exact) mass is 270 g/mol. The molecule has 0 aliphatic rings. The van der Waals surface area contributed by atoms with Gasteiger partial charge in [0.05, 0.1) is 12.4 Å². The molecule has 0 spiro atoms. The highest BCUT2D eigenvalue weighted by molar-refractivity contribution is 7.99. The molecule has 1 aromatic rings. The summed E-state index contributed by atoms with van der Waals surface area (Å²) in [4.78, 5) is 29.7. The lowest BCUT2D eigenvalue weighted by molar-refractivity contribution is 0.0523. The van der Waals surface area contributed by atoms with E-state index in [0.717, 1.165) is 6.42 Å². The Labute approximate surface area is 110 Å². The Morgan fingerprint density at radius 1 is 1.56 bits per heavy atom. The molecule has 1 N–H and O–H groups in total. The molecule has 100 valence electrons. The van der Waals surface area contributed by atoms with Crippen molar-refractivity contribution in [2.45, 2.75) is 38.2 Å². The van der Waals surface area contributed by atoms with Crippen molar-refractivity contribution in [1.82, 2.24) is 9.97 Å². The van der Waals surface area contributed by atoms with Crippen molar-refractivity contribution in [2.75, 3.05) is 6.61 Å². The van der Waals surface area contributed by atoms with Crippen LogP contribution < -0.4 is 5.56 Å². The van der Waals surface area contributed by atoms with Crippen LogP contribution in [0.5, 0.6) is 0 Å². The number of esters is 1. The fourth-order valence-corrected chi connectivity index (χ4v) is 2.02. The zero-order valence-electron chi connectivity index (χ0n) is 10.9. The zero-order chi connectivity index (χ0) is 13.5. The first-order valence-corrected chi connectivity index (χ1v) is 7.00. The van der Waals surface area contributed by atoms with E-state index in [1.807, 2.05) is 0 Å². The number of hydrogen-bond acceptors (Lipinski definition) is 5. The number of aromatic nitrogens is 2. The molecule has 1 atom stereocenters. The summed E-state index contributed by atoms with van der Waals surface area (Å²) in [5.41, 5.74) is -0.489. The van der Waals surface area contributed by atoms with E-state index in [2.05, 4.69) is 23.8 Å². The first-order chi connectivity index (χ1) is 8.58. The number of rotatable bonds is 6. The molecule has 1 heterocycles. The molecule has 18 heavy (non-hydrogen) atoms. The van der Waals surface area contributed by atoms with Gasteiger partial charge < -0.3 is 9.72 Å². The molecule has 0 bridgehead atoms. The first kappa shape index (κ1) is 14.8. The molecule has 1 aromatic heterocycles. The van der Waals surface area contributed by atoms with Gasteiger partial charge in [-0.1, -0.05) is 13.8 Å². The van der Waals surface area contributed by atoms with Gasteiger partial charge in [-0.2, -0.15) is 11.8 Å². The molecule has 0 aliphatic heterocycles. The van der Waals surface area contributed by atoms with Crippen molar-refractivity contribution < 1.29 is 9.53 Å². The van der Waals surface area contributed by atoms with E-state index in [0.29, 0.717) is 16.8 Å². The van der Waals surface area contributed by atoms with Crippen molar-refractivity contribution in [3.05, 3.63) is 27.9 Å². The van der Waals surface area contributed by atoms with Crippen LogP contribution in [0.3, 0.4) is 0 Å². The molecular formula is C12H18N2O3S.